The van der Waals surface area contributed by atoms with Crippen molar-refractivity contribution in [1.82, 2.24) is 5.32 Å². The Bertz CT molecular complexity index is 306. The van der Waals surface area contributed by atoms with Crippen molar-refractivity contribution in [2.24, 2.45) is 5.92 Å². The average molecular weight is 217 g/mol. The molecule has 0 aliphatic heterocycles. The Morgan fingerprint density at radius 3 is 2.75 bits per heavy atom. The summed E-state index contributed by atoms with van der Waals surface area (Å²) in [6, 6.07) is 11.6. The lowest BCUT2D eigenvalue weighted by Gasteiger charge is -2.12. The number of nitrogens with one attached hydrogen (secondary N) is 1. The van der Waals surface area contributed by atoms with Crippen LogP contribution in [0.2, 0.25) is 0 Å². The van der Waals surface area contributed by atoms with Gasteiger partial charge in [0.1, 0.15) is 0 Å². The predicted molar refractivity (Wildman–Crippen MR) is 69.7 cm³/mol. The highest BCUT2D eigenvalue weighted by molar-refractivity contribution is 5.19. The zero-order chi connectivity index (χ0) is 11.4. The standard InChI is InChI=1S/C15H23N/c1-3-7-14-10-15(14)16-11-12(2)13-8-5-4-6-9-13/h4-6,8-9,12,14-16H,3,7,10-11H2,1-2H3. The first kappa shape index (κ1) is 11.7. The third-order valence-corrected chi connectivity index (χ3v) is 3.64. The molecule has 1 aromatic rings. The Kier molecular flexibility index (Phi) is 4.00. The van der Waals surface area contributed by atoms with Gasteiger partial charge in [-0.15, -0.1) is 0 Å². The van der Waals surface area contributed by atoms with Crippen LogP contribution >= 0.6 is 0 Å². The minimum absolute atomic E-state index is 0.629. The van der Waals surface area contributed by atoms with E-state index in [1.807, 2.05) is 0 Å². The van der Waals surface area contributed by atoms with Crippen LogP contribution in [0.1, 0.15) is 44.6 Å². The molecule has 3 atom stereocenters. The van der Waals surface area contributed by atoms with Gasteiger partial charge in [0.25, 0.3) is 0 Å². The van der Waals surface area contributed by atoms with Gasteiger partial charge < -0.3 is 5.32 Å². The first-order valence-electron chi connectivity index (χ1n) is 6.59. The maximum absolute atomic E-state index is 3.69. The summed E-state index contributed by atoms with van der Waals surface area (Å²) >= 11 is 0. The zero-order valence-electron chi connectivity index (χ0n) is 10.4. The van der Waals surface area contributed by atoms with Crippen molar-refractivity contribution in [2.45, 2.75) is 45.1 Å². The minimum Gasteiger partial charge on any atom is -0.313 e. The van der Waals surface area contributed by atoms with Gasteiger partial charge in [0.15, 0.2) is 0 Å². The van der Waals surface area contributed by atoms with E-state index < -0.39 is 0 Å². The summed E-state index contributed by atoms with van der Waals surface area (Å²) in [6.07, 6.45) is 4.13. The van der Waals surface area contributed by atoms with Crippen LogP contribution in [0.4, 0.5) is 0 Å². The molecule has 1 aromatic carbocycles. The molecule has 1 fully saturated rings. The lowest BCUT2D eigenvalue weighted by Crippen LogP contribution is -2.23. The fourth-order valence-corrected chi connectivity index (χ4v) is 2.42. The first-order valence-corrected chi connectivity index (χ1v) is 6.59. The smallest absolute Gasteiger partial charge is 0.00993 e. The van der Waals surface area contributed by atoms with E-state index >= 15 is 0 Å². The number of hydrogen-bond acceptors (Lipinski definition) is 1. The Hall–Kier alpha value is -0.820. The van der Waals surface area contributed by atoms with Gasteiger partial charge in [0.2, 0.25) is 0 Å². The summed E-state index contributed by atoms with van der Waals surface area (Å²) in [5.74, 6) is 1.59. The molecule has 1 saturated carbocycles. The van der Waals surface area contributed by atoms with E-state index in [2.05, 4.69) is 49.5 Å². The van der Waals surface area contributed by atoms with E-state index in [0.29, 0.717) is 5.92 Å². The summed E-state index contributed by atoms with van der Waals surface area (Å²) in [6.45, 7) is 5.70. The second kappa shape index (κ2) is 5.49. The number of benzene rings is 1. The molecule has 16 heavy (non-hydrogen) atoms. The van der Waals surface area contributed by atoms with Gasteiger partial charge in [-0.1, -0.05) is 50.6 Å². The van der Waals surface area contributed by atoms with Crippen LogP contribution in [0.5, 0.6) is 0 Å². The topological polar surface area (TPSA) is 12.0 Å². The Morgan fingerprint density at radius 1 is 1.31 bits per heavy atom. The minimum atomic E-state index is 0.629. The second-order valence-electron chi connectivity index (χ2n) is 5.11. The van der Waals surface area contributed by atoms with Crippen molar-refractivity contribution >= 4 is 0 Å². The lowest BCUT2D eigenvalue weighted by molar-refractivity contribution is 0.565. The van der Waals surface area contributed by atoms with Crippen molar-refractivity contribution in [3.63, 3.8) is 0 Å². The van der Waals surface area contributed by atoms with Gasteiger partial charge in [-0.2, -0.15) is 0 Å². The third kappa shape index (κ3) is 3.08. The van der Waals surface area contributed by atoms with E-state index in [9.17, 15) is 0 Å². The van der Waals surface area contributed by atoms with Crippen LogP contribution in [0.15, 0.2) is 30.3 Å². The van der Waals surface area contributed by atoms with Crippen molar-refractivity contribution in [3.8, 4) is 0 Å². The maximum atomic E-state index is 3.69. The Labute approximate surface area is 99.3 Å². The Morgan fingerprint density at radius 2 is 2.06 bits per heavy atom. The molecular weight excluding hydrogens is 194 g/mol. The molecule has 1 aliphatic carbocycles. The highest BCUT2D eigenvalue weighted by Gasteiger charge is 2.35. The number of rotatable bonds is 6. The molecule has 0 radical (unpaired) electrons. The van der Waals surface area contributed by atoms with Crippen LogP contribution in [0, 0.1) is 5.92 Å². The van der Waals surface area contributed by atoms with Crippen LogP contribution < -0.4 is 5.32 Å². The third-order valence-electron chi connectivity index (χ3n) is 3.64. The maximum Gasteiger partial charge on any atom is 0.00993 e. The highest BCUT2D eigenvalue weighted by atomic mass is 15.0. The molecule has 0 saturated heterocycles. The van der Waals surface area contributed by atoms with E-state index in [0.717, 1.165) is 18.5 Å². The molecule has 0 bridgehead atoms. The molecule has 0 amide bonds. The molecule has 1 aliphatic rings. The molecule has 88 valence electrons. The van der Waals surface area contributed by atoms with Crippen LogP contribution in [0.25, 0.3) is 0 Å². The molecule has 0 spiro atoms. The number of hydrogen-bond donors (Lipinski definition) is 1. The molecule has 3 unspecified atom stereocenters. The van der Waals surface area contributed by atoms with Crippen LogP contribution in [-0.4, -0.2) is 12.6 Å². The van der Waals surface area contributed by atoms with Crippen molar-refractivity contribution in [3.05, 3.63) is 35.9 Å². The van der Waals surface area contributed by atoms with Gasteiger partial charge in [0.05, 0.1) is 0 Å². The molecular formula is C15H23N. The first-order chi connectivity index (χ1) is 7.81. The van der Waals surface area contributed by atoms with E-state index in [1.54, 1.807) is 0 Å². The van der Waals surface area contributed by atoms with Gasteiger partial charge >= 0.3 is 0 Å². The van der Waals surface area contributed by atoms with Crippen LogP contribution in [0.3, 0.4) is 0 Å². The highest BCUT2D eigenvalue weighted by Crippen LogP contribution is 2.34. The van der Waals surface area contributed by atoms with Crippen molar-refractivity contribution < 1.29 is 0 Å². The van der Waals surface area contributed by atoms with Gasteiger partial charge in [0, 0.05) is 12.6 Å². The summed E-state index contributed by atoms with van der Waals surface area (Å²) in [5.41, 5.74) is 1.45. The average Bonchev–Trinajstić information content (AvgIpc) is 3.06. The summed E-state index contributed by atoms with van der Waals surface area (Å²) in [4.78, 5) is 0. The van der Waals surface area contributed by atoms with Crippen LogP contribution in [-0.2, 0) is 0 Å². The second-order valence-corrected chi connectivity index (χ2v) is 5.11. The SMILES string of the molecule is CCCC1CC1NCC(C)c1ccccc1. The molecule has 1 nitrogen and oxygen atoms in total. The van der Waals surface area contributed by atoms with Crippen molar-refractivity contribution in [1.29, 1.82) is 0 Å². The van der Waals surface area contributed by atoms with E-state index in [4.69, 9.17) is 0 Å². The summed E-state index contributed by atoms with van der Waals surface area (Å²) < 4.78 is 0. The quantitative estimate of drug-likeness (QED) is 0.768. The molecule has 1 N–H and O–H groups in total. The molecule has 1 heteroatoms. The summed E-state index contributed by atoms with van der Waals surface area (Å²) in [5, 5.41) is 3.69. The zero-order valence-corrected chi connectivity index (χ0v) is 10.4. The lowest BCUT2D eigenvalue weighted by atomic mass is 10.0. The van der Waals surface area contributed by atoms with Gasteiger partial charge in [-0.25, -0.2) is 0 Å². The molecule has 0 aromatic heterocycles. The van der Waals surface area contributed by atoms with E-state index in [1.165, 1.54) is 24.8 Å². The fourth-order valence-electron chi connectivity index (χ4n) is 2.42. The largest absolute Gasteiger partial charge is 0.313 e. The molecule has 2 rings (SSSR count). The summed E-state index contributed by atoms with van der Waals surface area (Å²) in [7, 11) is 0. The predicted octanol–water partition coefficient (Wildman–Crippen LogP) is 3.57. The van der Waals surface area contributed by atoms with Gasteiger partial charge in [-0.3, -0.25) is 0 Å². The van der Waals surface area contributed by atoms with Crippen molar-refractivity contribution in [2.75, 3.05) is 6.54 Å². The Balaban J connectivity index is 1.71. The monoisotopic (exact) mass is 217 g/mol. The van der Waals surface area contributed by atoms with Gasteiger partial charge in [-0.05, 0) is 30.2 Å². The molecule has 0 heterocycles. The normalized spacial score (nSPS) is 25.4. The fraction of sp³-hybridized carbons (Fsp3) is 0.600. The van der Waals surface area contributed by atoms with E-state index in [-0.39, 0.29) is 0 Å².